The predicted molar refractivity (Wildman–Crippen MR) is 102 cm³/mol. The molecule has 6 nitrogen and oxygen atoms in total. The number of methoxy groups -OCH3 is 1. The van der Waals surface area contributed by atoms with Crippen molar-refractivity contribution in [2.75, 3.05) is 19.0 Å². The molecule has 1 N–H and O–H groups in total. The number of nitrogens with zero attached hydrogens (tertiary/aromatic N) is 2. The fourth-order valence-corrected chi connectivity index (χ4v) is 2.59. The molecule has 0 unspecified atom stereocenters. The minimum absolute atomic E-state index is 0.0178. The lowest BCUT2D eigenvalue weighted by Crippen LogP contribution is -2.13. The summed E-state index contributed by atoms with van der Waals surface area (Å²) in [7, 11) is 1.55. The number of amides is 1. The van der Waals surface area contributed by atoms with Crippen LogP contribution in [-0.2, 0) is 4.79 Å². The lowest BCUT2D eigenvalue weighted by atomic mass is 10.1. The summed E-state index contributed by atoms with van der Waals surface area (Å²) in [6.45, 7) is 4.87. The second-order valence-electron chi connectivity index (χ2n) is 5.90. The van der Waals surface area contributed by atoms with Crippen LogP contribution in [0.3, 0.4) is 0 Å². The van der Waals surface area contributed by atoms with Gasteiger partial charge in [-0.05, 0) is 36.1 Å². The molecular formula is C19H21N3O3S. The number of nitriles is 1. The van der Waals surface area contributed by atoms with Crippen LogP contribution in [-0.4, -0.2) is 24.6 Å². The molecule has 0 aliphatic carbocycles. The third kappa shape index (κ3) is 5.60. The Bertz CT molecular complexity index is 808. The van der Waals surface area contributed by atoms with Crippen LogP contribution in [0.5, 0.6) is 11.5 Å². The van der Waals surface area contributed by atoms with E-state index in [2.05, 4.69) is 24.1 Å². The van der Waals surface area contributed by atoms with E-state index in [9.17, 15) is 10.1 Å². The smallest absolute Gasteiger partial charge is 0.268 e. The van der Waals surface area contributed by atoms with Gasteiger partial charge in [0.1, 0.15) is 11.6 Å². The number of carbonyl (C=O) groups excluding carboxylic acids is 1. The van der Waals surface area contributed by atoms with Crippen LogP contribution in [0.15, 0.2) is 35.3 Å². The van der Waals surface area contributed by atoms with Crippen molar-refractivity contribution in [3.63, 3.8) is 0 Å². The number of aromatic nitrogens is 1. The molecule has 0 saturated heterocycles. The van der Waals surface area contributed by atoms with Crippen molar-refractivity contribution < 1.29 is 14.3 Å². The van der Waals surface area contributed by atoms with E-state index >= 15 is 0 Å². The summed E-state index contributed by atoms with van der Waals surface area (Å²) in [5.74, 6) is 1.24. The summed E-state index contributed by atoms with van der Waals surface area (Å²) in [4.78, 5) is 16.2. The third-order valence-corrected chi connectivity index (χ3v) is 4.16. The van der Waals surface area contributed by atoms with Crippen LogP contribution in [0.25, 0.3) is 6.08 Å². The number of benzene rings is 1. The van der Waals surface area contributed by atoms with Gasteiger partial charge in [-0.3, -0.25) is 10.1 Å². The predicted octanol–water partition coefficient (Wildman–Crippen LogP) is 4.12. The number of hydrogen-bond donors (Lipinski definition) is 1. The van der Waals surface area contributed by atoms with Crippen LogP contribution in [0.4, 0.5) is 5.13 Å². The lowest BCUT2D eigenvalue weighted by molar-refractivity contribution is -0.112. The van der Waals surface area contributed by atoms with Crippen LogP contribution in [0.2, 0.25) is 0 Å². The highest BCUT2D eigenvalue weighted by Crippen LogP contribution is 2.29. The summed E-state index contributed by atoms with van der Waals surface area (Å²) in [5.41, 5.74) is 0.652. The Kier molecular flexibility index (Phi) is 7.18. The van der Waals surface area contributed by atoms with Crippen molar-refractivity contribution in [1.82, 2.24) is 4.98 Å². The minimum Gasteiger partial charge on any atom is -0.493 e. The van der Waals surface area contributed by atoms with Crippen molar-refractivity contribution >= 4 is 28.5 Å². The van der Waals surface area contributed by atoms with Gasteiger partial charge in [0, 0.05) is 11.6 Å². The standard InChI is InChI=1S/C19H21N3O3S/c1-13(2)6-8-25-16-5-4-14(11-17(16)24-3)10-15(12-20)18(23)22-19-21-7-9-26-19/h4-5,7,9-11,13H,6,8H2,1-3H3,(H,21,22,23)/b15-10+. The molecule has 2 rings (SSSR count). The number of nitrogens with one attached hydrogen (secondary N) is 1. The molecule has 7 heteroatoms. The number of rotatable bonds is 8. The maximum absolute atomic E-state index is 12.2. The van der Waals surface area contributed by atoms with Gasteiger partial charge in [0.05, 0.1) is 13.7 Å². The quantitative estimate of drug-likeness (QED) is 0.557. The zero-order valence-corrected chi connectivity index (χ0v) is 15.8. The summed E-state index contributed by atoms with van der Waals surface area (Å²) in [6, 6.07) is 7.21. The number of ether oxygens (including phenoxy) is 2. The number of thiazole rings is 1. The van der Waals surface area contributed by atoms with Crippen molar-refractivity contribution in [3.05, 3.63) is 40.9 Å². The highest BCUT2D eigenvalue weighted by atomic mass is 32.1. The third-order valence-electron chi connectivity index (χ3n) is 3.47. The first-order valence-corrected chi connectivity index (χ1v) is 9.05. The van der Waals surface area contributed by atoms with Gasteiger partial charge in [0.2, 0.25) is 0 Å². The molecule has 0 saturated carbocycles. The number of carbonyl (C=O) groups is 1. The zero-order chi connectivity index (χ0) is 18.9. The average molecular weight is 371 g/mol. The molecule has 1 aromatic carbocycles. The fourth-order valence-electron chi connectivity index (χ4n) is 2.06. The van der Waals surface area contributed by atoms with E-state index in [0.29, 0.717) is 34.7 Å². The van der Waals surface area contributed by atoms with Crippen molar-refractivity contribution in [1.29, 1.82) is 5.26 Å². The highest BCUT2D eigenvalue weighted by molar-refractivity contribution is 7.13. The summed E-state index contributed by atoms with van der Waals surface area (Å²) >= 11 is 1.29. The topological polar surface area (TPSA) is 84.2 Å². The first kappa shape index (κ1) is 19.5. The van der Waals surface area contributed by atoms with Gasteiger partial charge in [-0.25, -0.2) is 4.98 Å². The van der Waals surface area contributed by atoms with E-state index in [1.807, 2.05) is 6.07 Å². The van der Waals surface area contributed by atoms with E-state index in [1.165, 1.54) is 17.4 Å². The zero-order valence-electron chi connectivity index (χ0n) is 15.0. The Balaban J connectivity index is 2.14. The summed E-state index contributed by atoms with van der Waals surface area (Å²) in [5, 5.41) is 14.1. The number of hydrogen-bond acceptors (Lipinski definition) is 6. The second-order valence-corrected chi connectivity index (χ2v) is 6.80. The van der Waals surface area contributed by atoms with Gasteiger partial charge in [0.15, 0.2) is 16.6 Å². The van der Waals surface area contributed by atoms with Crippen LogP contribution in [0, 0.1) is 17.2 Å². The first-order chi connectivity index (χ1) is 12.5. The molecule has 26 heavy (non-hydrogen) atoms. The molecule has 0 aliphatic heterocycles. The molecule has 2 aromatic rings. The molecule has 1 aromatic heterocycles. The molecule has 1 heterocycles. The van der Waals surface area contributed by atoms with Gasteiger partial charge in [-0.15, -0.1) is 11.3 Å². The van der Waals surface area contributed by atoms with Crippen molar-refractivity contribution in [2.45, 2.75) is 20.3 Å². The van der Waals surface area contributed by atoms with Crippen LogP contribution < -0.4 is 14.8 Å². The van der Waals surface area contributed by atoms with E-state index in [-0.39, 0.29) is 5.57 Å². The molecular weight excluding hydrogens is 350 g/mol. The SMILES string of the molecule is COc1cc(/C=C(\C#N)C(=O)Nc2nccs2)ccc1OCCC(C)C. The maximum atomic E-state index is 12.2. The Morgan fingerprint density at radius 2 is 2.23 bits per heavy atom. The monoisotopic (exact) mass is 371 g/mol. The lowest BCUT2D eigenvalue weighted by Gasteiger charge is -2.12. The molecule has 0 aliphatic rings. The first-order valence-electron chi connectivity index (χ1n) is 8.17. The highest BCUT2D eigenvalue weighted by Gasteiger charge is 2.12. The molecule has 136 valence electrons. The second kappa shape index (κ2) is 9.59. The van der Waals surface area contributed by atoms with E-state index in [0.717, 1.165) is 6.42 Å². The van der Waals surface area contributed by atoms with Crippen LogP contribution in [0.1, 0.15) is 25.8 Å². The Labute approximate surface area is 157 Å². The molecule has 0 spiro atoms. The Morgan fingerprint density at radius 3 is 2.85 bits per heavy atom. The van der Waals surface area contributed by atoms with Crippen molar-refractivity contribution in [2.24, 2.45) is 5.92 Å². The molecule has 0 radical (unpaired) electrons. The molecule has 0 fully saturated rings. The van der Waals surface area contributed by atoms with E-state index in [1.54, 1.807) is 36.9 Å². The van der Waals surface area contributed by atoms with Crippen molar-refractivity contribution in [3.8, 4) is 17.6 Å². The largest absolute Gasteiger partial charge is 0.493 e. The molecule has 0 atom stereocenters. The van der Waals surface area contributed by atoms with Gasteiger partial charge in [-0.2, -0.15) is 5.26 Å². The van der Waals surface area contributed by atoms with Gasteiger partial charge in [0.25, 0.3) is 5.91 Å². The minimum atomic E-state index is -0.501. The maximum Gasteiger partial charge on any atom is 0.268 e. The summed E-state index contributed by atoms with van der Waals surface area (Å²) < 4.78 is 11.1. The van der Waals surface area contributed by atoms with Gasteiger partial charge >= 0.3 is 0 Å². The Hall–Kier alpha value is -2.85. The molecule has 1 amide bonds. The average Bonchev–Trinajstić information content (AvgIpc) is 3.13. The van der Waals surface area contributed by atoms with Crippen LogP contribution >= 0.6 is 11.3 Å². The van der Waals surface area contributed by atoms with Gasteiger partial charge in [-0.1, -0.05) is 19.9 Å². The van der Waals surface area contributed by atoms with E-state index in [4.69, 9.17) is 9.47 Å². The Morgan fingerprint density at radius 1 is 1.42 bits per heavy atom. The fraction of sp³-hybridized carbons (Fsp3) is 0.316. The van der Waals surface area contributed by atoms with E-state index < -0.39 is 5.91 Å². The number of anilines is 1. The summed E-state index contributed by atoms with van der Waals surface area (Å²) in [6.07, 6.45) is 4.03. The van der Waals surface area contributed by atoms with Gasteiger partial charge < -0.3 is 9.47 Å². The normalized spacial score (nSPS) is 11.1. The molecule has 0 bridgehead atoms.